The molecule has 0 saturated carbocycles. The number of benzene rings is 1. The van der Waals surface area contributed by atoms with Crippen molar-refractivity contribution < 1.29 is 5.11 Å². The van der Waals surface area contributed by atoms with E-state index >= 15 is 0 Å². The number of aliphatic hydroxyl groups is 1. The van der Waals surface area contributed by atoms with Gasteiger partial charge in [-0.3, -0.25) is 0 Å². The maximum Gasteiger partial charge on any atom is 0.0912 e. The molecule has 0 aromatic heterocycles. The molecule has 0 spiro atoms. The number of aliphatic hydroxyl groups excluding tert-OH is 1. The summed E-state index contributed by atoms with van der Waals surface area (Å²) in [7, 11) is 0. The minimum atomic E-state index is -0.513. The van der Waals surface area contributed by atoms with Gasteiger partial charge in [0, 0.05) is 6.54 Å². The Kier molecular flexibility index (Phi) is 7.26. The molecule has 1 atom stereocenters. The van der Waals surface area contributed by atoms with Crippen LogP contribution in [-0.2, 0) is 0 Å². The van der Waals surface area contributed by atoms with E-state index in [1.807, 2.05) is 30.3 Å². The highest BCUT2D eigenvalue weighted by molar-refractivity contribution is 5.17. The molecule has 74 valence electrons. The number of nitrogens with two attached hydrogens (primary N) is 1. The van der Waals surface area contributed by atoms with Gasteiger partial charge in [-0.15, -0.1) is 0 Å². The molecule has 1 aromatic rings. The molecular weight excluding hydrogens is 162 g/mol. The van der Waals surface area contributed by atoms with Gasteiger partial charge in [-0.1, -0.05) is 50.6 Å². The van der Waals surface area contributed by atoms with Crippen LogP contribution in [0.4, 0.5) is 0 Å². The molecule has 2 nitrogen and oxygen atoms in total. The molecular formula is C11H19NO. The second-order valence-electron chi connectivity index (χ2n) is 2.87. The molecule has 0 aliphatic carbocycles. The highest BCUT2D eigenvalue weighted by Gasteiger charge is 2.01. The molecule has 0 fully saturated rings. The quantitative estimate of drug-likeness (QED) is 0.734. The standard InChI is InChI=1S/C8H11NO.C3H8/c9-6-8(10)7-4-2-1-3-5-7;1-3-2/h1-5,8,10H,6,9H2;3H2,1-2H3. The first-order valence-corrected chi connectivity index (χ1v) is 4.69. The molecule has 1 unspecified atom stereocenters. The Balaban J connectivity index is 0.000000424. The highest BCUT2D eigenvalue weighted by Crippen LogP contribution is 2.08. The van der Waals surface area contributed by atoms with Gasteiger partial charge in [-0.2, -0.15) is 0 Å². The van der Waals surface area contributed by atoms with Gasteiger partial charge in [0.05, 0.1) is 6.10 Å². The van der Waals surface area contributed by atoms with Gasteiger partial charge >= 0.3 is 0 Å². The SMILES string of the molecule is CCC.NCC(O)c1ccccc1. The highest BCUT2D eigenvalue weighted by atomic mass is 16.3. The summed E-state index contributed by atoms with van der Waals surface area (Å²) >= 11 is 0. The fraction of sp³-hybridized carbons (Fsp3) is 0.455. The van der Waals surface area contributed by atoms with Crippen molar-refractivity contribution in [1.29, 1.82) is 0 Å². The first-order chi connectivity index (χ1) is 6.26. The monoisotopic (exact) mass is 181 g/mol. The van der Waals surface area contributed by atoms with Crippen LogP contribution in [0.15, 0.2) is 30.3 Å². The van der Waals surface area contributed by atoms with Crippen LogP contribution in [0.5, 0.6) is 0 Å². The van der Waals surface area contributed by atoms with E-state index in [0.29, 0.717) is 0 Å². The molecule has 0 aliphatic heterocycles. The first kappa shape index (κ1) is 12.1. The Bertz CT molecular complexity index is 199. The average molecular weight is 181 g/mol. The summed E-state index contributed by atoms with van der Waals surface area (Å²) in [6.07, 6.45) is 0.737. The van der Waals surface area contributed by atoms with Gasteiger partial charge in [0.25, 0.3) is 0 Å². The molecule has 3 N–H and O–H groups in total. The van der Waals surface area contributed by atoms with Crippen LogP contribution < -0.4 is 5.73 Å². The third kappa shape index (κ3) is 5.39. The van der Waals surface area contributed by atoms with Gasteiger partial charge in [0.2, 0.25) is 0 Å². The maximum absolute atomic E-state index is 9.20. The molecule has 0 aliphatic rings. The van der Waals surface area contributed by atoms with Crippen LogP contribution in [0.2, 0.25) is 0 Å². The lowest BCUT2D eigenvalue weighted by Gasteiger charge is -2.05. The molecule has 1 rings (SSSR count). The van der Waals surface area contributed by atoms with E-state index < -0.39 is 6.10 Å². The minimum absolute atomic E-state index is 0.282. The molecule has 0 amide bonds. The molecule has 0 radical (unpaired) electrons. The van der Waals surface area contributed by atoms with Crippen LogP contribution in [0.1, 0.15) is 31.9 Å². The Morgan fingerprint density at radius 2 is 1.69 bits per heavy atom. The van der Waals surface area contributed by atoms with E-state index in [9.17, 15) is 5.11 Å². The van der Waals surface area contributed by atoms with Crippen LogP contribution in [0.25, 0.3) is 0 Å². The van der Waals surface area contributed by atoms with Crippen LogP contribution in [0, 0.1) is 0 Å². The van der Waals surface area contributed by atoms with Crippen molar-refractivity contribution >= 4 is 0 Å². The van der Waals surface area contributed by atoms with Gasteiger partial charge in [-0.25, -0.2) is 0 Å². The third-order valence-corrected chi connectivity index (χ3v) is 1.41. The molecule has 0 saturated heterocycles. The predicted molar refractivity (Wildman–Crippen MR) is 56.4 cm³/mol. The lowest BCUT2D eigenvalue weighted by atomic mass is 10.1. The third-order valence-electron chi connectivity index (χ3n) is 1.41. The average Bonchev–Trinajstić information content (AvgIpc) is 2.19. The van der Waals surface area contributed by atoms with E-state index in [-0.39, 0.29) is 6.54 Å². The van der Waals surface area contributed by atoms with Crippen molar-refractivity contribution in [3.63, 3.8) is 0 Å². The Morgan fingerprint density at radius 3 is 2.08 bits per heavy atom. The zero-order valence-electron chi connectivity index (χ0n) is 8.40. The van der Waals surface area contributed by atoms with Crippen molar-refractivity contribution in [1.82, 2.24) is 0 Å². The summed E-state index contributed by atoms with van der Waals surface area (Å²) in [5.74, 6) is 0. The van der Waals surface area contributed by atoms with Gasteiger partial charge < -0.3 is 10.8 Å². The smallest absolute Gasteiger partial charge is 0.0912 e. The second kappa shape index (κ2) is 7.77. The normalized spacial score (nSPS) is 11.4. The Hall–Kier alpha value is -0.860. The number of hydrogen-bond acceptors (Lipinski definition) is 2. The summed E-state index contributed by atoms with van der Waals surface area (Å²) in [6, 6.07) is 9.39. The fourth-order valence-corrected chi connectivity index (χ4v) is 0.811. The second-order valence-corrected chi connectivity index (χ2v) is 2.87. The maximum atomic E-state index is 9.20. The lowest BCUT2D eigenvalue weighted by molar-refractivity contribution is 0.187. The van der Waals surface area contributed by atoms with Gasteiger partial charge in [0.15, 0.2) is 0 Å². The molecule has 0 heterocycles. The van der Waals surface area contributed by atoms with Crippen molar-refractivity contribution in [3.8, 4) is 0 Å². The van der Waals surface area contributed by atoms with Crippen molar-refractivity contribution in [2.75, 3.05) is 6.54 Å². The van der Waals surface area contributed by atoms with E-state index in [0.717, 1.165) is 5.56 Å². The summed E-state index contributed by atoms with van der Waals surface area (Å²) in [6.45, 7) is 4.53. The zero-order chi connectivity index (χ0) is 10.1. The van der Waals surface area contributed by atoms with E-state index in [4.69, 9.17) is 5.73 Å². The first-order valence-electron chi connectivity index (χ1n) is 4.69. The van der Waals surface area contributed by atoms with Crippen LogP contribution >= 0.6 is 0 Å². The molecule has 13 heavy (non-hydrogen) atoms. The van der Waals surface area contributed by atoms with E-state index in [2.05, 4.69) is 13.8 Å². The molecule has 2 heteroatoms. The number of hydrogen-bond donors (Lipinski definition) is 2. The largest absolute Gasteiger partial charge is 0.387 e. The topological polar surface area (TPSA) is 46.2 Å². The summed E-state index contributed by atoms with van der Waals surface area (Å²) in [5, 5.41) is 9.20. The van der Waals surface area contributed by atoms with Gasteiger partial charge in [0.1, 0.15) is 0 Å². The Labute approximate surface area is 80.4 Å². The van der Waals surface area contributed by atoms with Crippen molar-refractivity contribution in [2.45, 2.75) is 26.4 Å². The van der Waals surface area contributed by atoms with Crippen LogP contribution in [-0.4, -0.2) is 11.7 Å². The molecule has 0 bridgehead atoms. The van der Waals surface area contributed by atoms with E-state index in [1.54, 1.807) is 0 Å². The van der Waals surface area contributed by atoms with Crippen LogP contribution in [0.3, 0.4) is 0 Å². The lowest BCUT2D eigenvalue weighted by Crippen LogP contribution is -2.10. The minimum Gasteiger partial charge on any atom is -0.387 e. The molecule has 1 aromatic carbocycles. The van der Waals surface area contributed by atoms with E-state index in [1.165, 1.54) is 6.42 Å². The zero-order valence-corrected chi connectivity index (χ0v) is 8.40. The van der Waals surface area contributed by atoms with Crippen molar-refractivity contribution in [3.05, 3.63) is 35.9 Å². The summed E-state index contributed by atoms with van der Waals surface area (Å²) in [4.78, 5) is 0. The summed E-state index contributed by atoms with van der Waals surface area (Å²) in [5.41, 5.74) is 6.13. The van der Waals surface area contributed by atoms with Crippen molar-refractivity contribution in [2.24, 2.45) is 5.73 Å². The summed E-state index contributed by atoms with van der Waals surface area (Å²) < 4.78 is 0. The fourth-order valence-electron chi connectivity index (χ4n) is 0.811. The van der Waals surface area contributed by atoms with Gasteiger partial charge in [-0.05, 0) is 5.56 Å². The predicted octanol–water partition coefficient (Wildman–Crippen LogP) is 2.09. The Morgan fingerprint density at radius 1 is 1.23 bits per heavy atom. The number of rotatable bonds is 2.